The van der Waals surface area contributed by atoms with Gasteiger partial charge in [0.2, 0.25) is 0 Å². The molecule has 2 rings (SSSR count). The maximum atomic E-state index is 11.0. The van der Waals surface area contributed by atoms with Gasteiger partial charge in [-0.05, 0) is 25.0 Å². The third-order valence-corrected chi connectivity index (χ3v) is 3.64. The third kappa shape index (κ3) is 3.95. The van der Waals surface area contributed by atoms with E-state index in [1.54, 1.807) is 18.2 Å². The fraction of sp³-hybridized carbons (Fsp3) is 0.533. The van der Waals surface area contributed by atoms with Gasteiger partial charge in [0.25, 0.3) is 0 Å². The molecule has 110 valence electrons. The molecule has 1 aliphatic carbocycles. The number of carboxylic acid groups (broad SMARTS) is 1. The summed E-state index contributed by atoms with van der Waals surface area (Å²) in [5.74, 6) is -0.616. The Morgan fingerprint density at radius 2 is 2.00 bits per heavy atom. The quantitative estimate of drug-likeness (QED) is 0.662. The predicted molar refractivity (Wildman–Crippen MR) is 75.2 cm³/mol. The van der Waals surface area contributed by atoms with Crippen molar-refractivity contribution in [2.45, 2.75) is 31.3 Å². The molecule has 1 aromatic rings. The van der Waals surface area contributed by atoms with E-state index in [1.807, 2.05) is 0 Å². The summed E-state index contributed by atoms with van der Waals surface area (Å²) in [6, 6.07) is 6.58. The minimum Gasteiger partial charge on any atom is -0.491 e. The van der Waals surface area contributed by atoms with Crippen molar-refractivity contribution in [3.05, 3.63) is 29.8 Å². The monoisotopic (exact) mass is 279 g/mol. The Balaban J connectivity index is 1.72. The zero-order valence-corrected chi connectivity index (χ0v) is 11.5. The number of benzene rings is 1. The minimum absolute atomic E-state index is 0.168. The zero-order chi connectivity index (χ0) is 14.4. The van der Waals surface area contributed by atoms with Gasteiger partial charge in [-0.15, -0.1) is 0 Å². The molecule has 5 heteroatoms. The molecule has 0 radical (unpaired) electrons. The number of carboxylic acids is 1. The maximum absolute atomic E-state index is 11.0. The standard InChI is InChI=1S/C15H21NO4/c17-14(18)12-5-1-2-6-13(12)20-10-9-16-11-15(19)7-3-4-8-15/h1-2,5-6,16,19H,3-4,7-11H2,(H,17,18). The van der Waals surface area contributed by atoms with Gasteiger partial charge in [0.1, 0.15) is 17.9 Å². The van der Waals surface area contributed by atoms with E-state index in [4.69, 9.17) is 9.84 Å². The summed E-state index contributed by atoms with van der Waals surface area (Å²) in [5.41, 5.74) is -0.402. The summed E-state index contributed by atoms with van der Waals surface area (Å²) in [6.45, 7) is 1.52. The molecule has 0 unspecified atom stereocenters. The van der Waals surface area contributed by atoms with Crippen LogP contribution in [0.4, 0.5) is 0 Å². The molecule has 1 aliphatic rings. The molecule has 0 aliphatic heterocycles. The second-order valence-corrected chi connectivity index (χ2v) is 5.26. The van der Waals surface area contributed by atoms with Crippen LogP contribution >= 0.6 is 0 Å². The lowest BCUT2D eigenvalue weighted by molar-refractivity contribution is 0.0471. The van der Waals surface area contributed by atoms with Gasteiger partial charge >= 0.3 is 5.97 Å². The van der Waals surface area contributed by atoms with Crippen LogP contribution < -0.4 is 10.1 Å². The van der Waals surface area contributed by atoms with Crippen molar-refractivity contribution >= 4 is 5.97 Å². The largest absolute Gasteiger partial charge is 0.491 e. The molecule has 0 spiro atoms. The van der Waals surface area contributed by atoms with Gasteiger partial charge in [0.05, 0.1) is 5.60 Å². The molecular weight excluding hydrogens is 258 g/mol. The van der Waals surface area contributed by atoms with Gasteiger partial charge in [0.15, 0.2) is 0 Å². The molecule has 0 amide bonds. The summed E-state index contributed by atoms with van der Waals surface area (Å²) in [4.78, 5) is 11.0. The summed E-state index contributed by atoms with van der Waals surface area (Å²) >= 11 is 0. The molecule has 1 fully saturated rings. The number of para-hydroxylation sites is 1. The number of carbonyl (C=O) groups is 1. The van der Waals surface area contributed by atoms with Crippen molar-refractivity contribution in [3.8, 4) is 5.75 Å². The Kier molecular flexibility index (Phi) is 4.98. The molecule has 0 aromatic heterocycles. The van der Waals surface area contributed by atoms with Crippen LogP contribution in [0.25, 0.3) is 0 Å². The SMILES string of the molecule is O=C(O)c1ccccc1OCCNCC1(O)CCCC1. The minimum atomic E-state index is -0.992. The van der Waals surface area contributed by atoms with Gasteiger partial charge in [-0.3, -0.25) is 0 Å². The predicted octanol–water partition coefficient (Wildman–Crippen LogP) is 1.66. The van der Waals surface area contributed by atoms with Crippen LogP contribution in [0, 0.1) is 0 Å². The van der Waals surface area contributed by atoms with E-state index in [0.717, 1.165) is 25.7 Å². The molecule has 5 nitrogen and oxygen atoms in total. The lowest BCUT2D eigenvalue weighted by Gasteiger charge is -2.22. The number of ether oxygens (including phenoxy) is 1. The Labute approximate surface area is 118 Å². The van der Waals surface area contributed by atoms with Gasteiger partial charge in [-0.1, -0.05) is 25.0 Å². The number of rotatable bonds is 7. The molecule has 3 N–H and O–H groups in total. The number of hydrogen-bond acceptors (Lipinski definition) is 4. The van der Waals surface area contributed by atoms with Crippen LogP contribution in [-0.2, 0) is 0 Å². The topological polar surface area (TPSA) is 78.8 Å². The number of nitrogens with one attached hydrogen (secondary N) is 1. The average molecular weight is 279 g/mol. The Morgan fingerprint density at radius 3 is 2.70 bits per heavy atom. The number of aliphatic hydroxyl groups is 1. The molecule has 0 bridgehead atoms. The highest BCUT2D eigenvalue weighted by atomic mass is 16.5. The Bertz CT molecular complexity index is 455. The normalized spacial score (nSPS) is 17.1. The van der Waals surface area contributed by atoms with Crippen LogP contribution in [0.5, 0.6) is 5.75 Å². The Morgan fingerprint density at radius 1 is 1.30 bits per heavy atom. The van der Waals surface area contributed by atoms with Crippen molar-refractivity contribution in [2.24, 2.45) is 0 Å². The van der Waals surface area contributed by atoms with Gasteiger partial charge in [-0.2, -0.15) is 0 Å². The summed E-state index contributed by atoms with van der Waals surface area (Å²) in [6.07, 6.45) is 3.87. The zero-order valence-electron chi connectivity index (χ0n) is 11.5. The average Bonchev–Trinajstić information content (AvgIpc) is 2.86. The van der Waals surface area contributed by atoms with E-state index in [2.05, 4.69) is 5.32 Å². The van der Waals surface area contributed by atoms with Gasteiger partial charge in [0, 0.05) is 13.1 Å². The van der Waals surface area contributed by atoms with Crippen LogP contribution in [-0.4, -0.2) is 41.5 Å². The number of hydrogen-bond donors (Lipinski definition) is 3. The first-order chi connectivity index (χ1) is 9.61. The van der Waals surface area contributed by atoms with Crippen LogP contribution in [0.2, 0.25) is 0 Å². The first-order valence-electron chi connectivity index (χ1n) is 6.99. The second-order valence-electron chi connectivity index (χ2n) is 5.26. The first kappa shape index (κ1) is 14.8. The molecule has 20 heavy (non-hydrogen) atoms. The smallest absolute Gasteiger partial charge is 0.339 e. The van der Waals surface area contributed by atoms with Crippen LogP contribution in [0.1, 0.15) is 36.0 Å². The van der Waals surface area contributed by atoms with Crippen molar-refractivity contribution in [3.63, 3.8) is 0 Å². The Hall–Kier alpha value is -1.59. The molecule has 0 heterocycles. The first-order valence-corrected chi connectivity index (χ1v) is 6.99. The van der Waals surface area contributed by atoms with E-state index < -0.39 is 11.6 Å². The molecule has 0 saturated heterocycles. The highest BCUT2D eigenvalue weighted by Gasteiger charge is 2.30. The van der Waals surface area contributed by atoms with E-state index in [9.17, 15) is 9.90 Å². The van der Waals surface area contributed by atoms with Crippen molar-refractivity contribution in [1.29, 1.82) is 0 Å². The lowest BCUT2D eigenvalue weighted by atomic mass is 10.0. The fourth-order valence-corrected chi connectivity index (χ4v) is 2.53. The fourth-order valence-electron chi connectivity index (χ4n) is 2.53. The van der Waals surface area contributed by atoms with Crippen LogP contribution in [0.3, 0.4) is 0 Å². The van der Waals surface area contributed by atoms with Crippen molar-refractivity contribution < 1.29 is 19.7 Å². The third-order valence-electron chi connectivity index (χ3n) is 3.64. The van der Waals surface area contributed by atoms with Gasteiger partial charge in [-0.25, -0.2) is 4.79 Å². The second kappa shape index (κ2) is 6.72. The van der Waals surface area contributed by atoms with E-state index >= 15 is 0 Å². The van der Waals surface area contributed by atoms with E-state index in [0.29, 0.717) is 25.4 Å². The summed E-state index contributed by atoms with van der Waals surface area (Å²) < 4.78 is 5.47. The van der Waals surface area contributed by atoms with E-state index in [1.165, 1.54) is 6.07 Å². The van der Waals surface area contributed by atoms with Crippen LogP contribution in [0.15, 0.2) is 24.3 Å². The van der Waals surface area contributed by atoms with Gasteiger partial charge < -0.3 is 20.3 Å². The van der Waals surface area contributed by atoms with Crippen molar-refractivity contribution in [2.75, 3.05) is 19.7 Å². The van der Waals surface area contributed by atoms with Crippen molar-refractivity contribution in [1.82, 2.24) is 5.32 Å². The highest BCUT2D eigenvalue weighted by molar-refractivity contribution is 5.90. The number of aromatic carboxylic acids is 1. The molecular formula is C15H21NO4. The lowest BCUT2D eigenvalue weighted by Crippen LogP contribution is -2.39. The highest BCUT2D eigenvalue weighted by Crippen LogP contribution is 2.28. The maximum Gasteiger partial charge on any atom is 0.339 e. The summed E-state index contributed by atoms with van der Waals surface area (Å²) in [5, 5.41) is 22.3. The molecule has 0 atom stereocenters. The molecule has 1 aromatic carbocycles. The van der Waals surface area contributed by atoms with E-state index in [-0.39, 0.29) is 5.56 Å². The summed E-state index contributed by atoms with van der Waals surface area (Å²) in [7, 11) is 0. The molecule has 1 saturated carbocycles.